The van der Waals surface area contributed by atoms with Crippen LogP contribution in [0.25, 0.3) is 0 Å². The van der Waals surface area contributed by atoms with E-state index in [2.05, 4.69) is 0 Å². The molecule has 1 heterocycles. The maximum absolute atomic E-state index is 12.5. The van der Waals surface area contributed by atoms with Crippen molar-refractivity contribution in [2.75, 3.05) is 13.7 Å². The maximum Gasteiger partial charge on any atom is 0.330 e. The van der Waals surface area contributed by atoms with Crippen molar-refractivity contribution in [1.82, 2.24) is 4.90 Å². The standard InChI is InChI=1S/C20H27NO5/c1-5-26-17(23)11-6-13(2)19-18(14(3)22)20(24)21(19)12-15-7-9-16(25-4)10-8-15/h6-11,13-14,18-19,22H,5,12H2,1-4H3/b11-6+/t13-,14+,18+,19+/m0/s1. The Hall–Kier alpha value is -2.34. The van der Waals surface area contributed by atoms with Crippen molar-refractivity contribution < 1.29 is 24.2 Å². The van der Waals surface area contributed by atoms with Gasteiger partial charge in [0.15, 0.2) is 0 Å². The molecule has 2 rings (SSSR count). The molecule has 26 heavy (non-hydrogen) atoms. The number of methoxy groups -OCH3 is 1. The number of nitrogens with zero attached hydrogens (tertiary/aromatic N) is 1. The SMILES string of the molecule is CCOC(=O)/C=C/[C@H](C)[C@@H]1[C@@H]([C@@H](C)O)C(=O)N1Cc1ccc(OC)cc1. The molecular formula is C20H27NO5. The molecule has 0 saturated carbocycles. The van der Waals surface area contributed by atoms with E-state index in [4.69, 9.17) is 9.47 Å². The van der Waals surface area contributed by atoms with Gasteiger partial charge in [-0.15, -0.1) is 0 Å². The zero-order valence-corrected chi connectivity index (χ0v) is 15.7. The van der Waals surface area contributed by atoms with Crippen LogP contribution in [0.15, 0.2) is 36.4 Å². The van der Waals surface area contributed by atoms with Gasteiger partial charge in [0.2, 0.25) is 5.91 Å². The number of hydrogen-bond acceptors (Lipinski definition) is 5. The normalized spacial score (nSPS) is 22.0. The van der Waals surface area contributed by atoms with Gasteiger partial charge in [-0.2, -0.15) is 0 Å². The second kappa shape index (κ2) is 8.85. The smallest absolute Gasteiger partial charge is 0.330 e. The lowest BCUT2D eigenvalue weighted by Crippen LogP contribution is -2.65. The van der Waals surface area contributed by atoms with Crippen LogP contribution in [0.4, 0.5) is 0 Å². The van der Waals surface area contributed by atoms with Crippen LogP contribution >= 0.6 is 0 Å². The van der Waals surface area contributed by atoms with Crippen LogP contribution in [0.1, 0.15) is 26.3 Å². The van der Waals surface area contributed by atoms with Gasteiger partial charge in [-0.3, -0.25) is 4.79 Å². The summed E-state index contributed by atoms with van der Waals surface area (Å²) in [5.74, 6) is -0.268. The van der Waals surface area contributed by atoms with E-state index in [1.807, 2.05) is 31.2 Å². The molecule has 0 aromatic heterocycles. The average Bonchev–Trinajstić information content (AvgIpc) is 2.62. The summed E-state index contributed by atoms with van der Waals surface area (Å²) in [7, 11) is 1.61. The first-order valence-corrected chi connectivity index (χ1v) is 8.85. The third-order valence-corrected chi connectivity index (χ3v) is 4.69. The number of amides is 1. The van der Waals surface area contributed by atoms with Crippen LogP contribution in [0.3, 0.4) is 0 Å². The van der Waals surface area contributed by atoms with Crippen LogP contribution in [0, 0.1) is 11.8 Å². The molecule has 142 valence electrons. The number of esters is 1. The minimum Gasteiger partial charge on any atom is -0.497 e. The molecular weight excluding hydrogens is 334 g/mol. The zero-order valence-electron chi connectivity index (χ0n) is 15.7. The van der Waals surface area contributed by atoms with E-state index < -0.39 is 18.0 Å². The summed E-state index contributed by atoms with van der Waals surface area (Å²) in [4.78, 5) is 25.8. The summed E-state index contributed by atoms with van der Waals surface area (Å²) in [6, 6.07) is 7.36. The van der Waals surface area contributed by atoms with Crippen molar-refractivity contribution in [3.05, 3.63) is 42.0 Å². The molecule has 0 radical (unpaired) electrons. The van der Waals surface area contributed by atoms with Gasteiger partial charge in [0.25, 0.3) is 0 Å². The van der Waals surface area contributed by atoms with Crippen molar-refractivity contribution in [3.8, 4) is 5.75 Å². The Morgan fingerprint density at radius 2 is 1.96 bits per heavy atom. The van der Waals surface area contributed by atoms with Crippen LogP contribution in [0.5, 0.6) is 5.75 Å². The first kappa shape index (κ1) is 20.0. The van der Waals surface area contributed by atoms with Gasteiger partial charge in [0.05, 0.1) is 31.8 Å². The van der Waals surface area contributed by atoms with Crippen LogP contribution in [-0.2, 0) is 20.9 Å². The van der Waals surface area contributed by atoms with Crippen LogP contribution in [-0.4, -0.2) is 47.7 Å². The third-order valence-electron chi connectivity index (χ3n) is 4.69. The maximum atomic E-state index is 12.5. The number of hydrogen-bond donors (Lipinski definition) is 1. The van der Waals surface area contributed by atoms with E-state index in [0.29, 0.717) is 13.2 Å². The molecule has 1 aliphatic heterocycles. The topological polar surface area (TPSA) is 76.1 Å². The molecule has 6 nitrogen and oxygen atoms in total. The summed E-state index contributed by atoms with van der Waals surface area (Å²) in [6.45, 7) is 6.08. The Bertz CT molecular complexity index is 653. The molecule has 4 atom stereocenters. The Labute approximate surface area is 154 Å². The highest BCUT2D eigenvalue weighted by molar-refractivity contribution is 5.87. The summed E-state index contributed by atoms with van der Waals surface area (Å²) < 4.78 is 10.0. The number of benzene rings is 1. The highest BCUT2D eigenvalue weighted by Crippen LogP contribution is 2.36. The van der Waals surface area contributed by atoms with Crippen molar-refractivity contribution in [3.63, 3.8) is 0 Å². The minimum atomic E-state index is -0.738. The zero-order chi connectivity index (χ0) is 19.3. The summed E-state index contributed by atoms with van der Waals surface area (Å²) >= 11 is 0. The molecule has 0 unspecified atom stereocenters. The lowest BCUT2D eigenvalue weighted by molar-refractivity contribution is -0.168. The monoisotopic (exact) mass is 361 g/mol. The van der Waals surface area contributed by atoms with Crippen molar-refractivity contribution in [2.45, 2.75) is 39.5 Å². The van der Waals surface area contributed by atoms with Gasteiger partial charge in [-0.1, -0.05) is 25.1 Å². The van der Waals surface area contributed by atoms with Crippen LogP contribution in [0.2, 0.25) is 0 Å². The molecule has 0 aliphatic carbocycles. The van der Waals surface area contributed by atoms with Crippen molar-refractivity contribution in [2.24, 2.45) is 11.8 Å². The van der Waals surface area contributed by atoms with Gasteiger partial charge in [-0.05, 0) is 37.5 Å². The molecule has 1 aromatic rings. The summed E-state index contributed by atoms with van der Waals surface area (Å²) in [5, 5.41) is 10.00. The molecule has 0 bridgehead atoms. The predicted molar refractivity (Wildman–Crippen MR) is 97.4 cm³/mol. The highest BCUT2D eigenvalue weighted by atomic mass is 16.5. The number of ether oxygens (including phenoxy) is 2. The van der Waals surface area contributed by atoms with E-state index in [-0.39, 0.29) is 17.9 Å². The number of carbonyl (C=O) groups is 2. The molecule has 0 spiro atoms. The molecule has 1 saturated heterocycles. The van der Waals surface area contributed by atoms with Gasteiger partial charge in [-0.25, -0.2) is 4.79 Å². The molecule has 1 fully saturated rings. The fraction of sp³-hybridized carbons (Fsp3) is 0.500. The van der Waals surface area contributed by atoms with Gasteiger partial charge in [0, 0.05) is 12.6 Å². The van der Waals surface area contributed by atoms with E-state index in [9.17, 15) is 14.7 Å². The number of aliphatic hydroxyl groups excluding tert-OH is 1. The number of carbonyl (C=O) groups excluding carboxylic acids is 2. The molecule has 1 amide bonds. The number of aliphatic hydroxyl groups is 1. The molecule has 6 heteroatoms. The van der Waals surface area contributed by atoms with E-state index in [0.717, 1.165) is 11.3 Å². The van der Waals surface area contributed by atoms with Gasteiger partial charge in [0.1, 0.15) is 5.75 Å². The minimum absolute atomic E-state index is 0.0720. The van der Waals surface area contributed by atoms with Crippen molar-refractivity contribution in [1.29, 1.82) is 0 Å². The first-order valence-electron chi connectivity index (χ1n) is 8.85. The van der Waals surface area contributed by atoms with E-state index >= 15 is 0 Å². The Kier molecular flexibility index (Phi) is 6.80. The lowest BCUT2D eigenvalue weighted by atomic mass is 9.76. The molecule has 1 aliphatic rings. The van der Waals surface area contributed by atoms with E-state index in [1.165, 1.54) is 6.08 Å². The lowest BCUT2D eigenvalue weighted by Gasteiger charge is -2.50. The Morgan fingerprint density at radius 3 is 2.50 bits per heavy atom. The number of β-lactam (4-membered cyclic amide) rings is 1. The third kappa shape index (κ3) is 4.43. The van der Waals surface area contributed by atoms with E-state index in [1.54, 1.807) is 31.9 Å². The Balaban J connectivity index is 2.12. The molecule has 1 aromatic carbocycles. The largest absolute Gasteiger partial charge is 0.497 e. The number of rotatable bonds is 8. The summed E-state index contributed by atoms with van der Waals surface area (Å²) in [5.41, 5.74) is 0.981. The van der Waals surface area contributed by atoms with Crippen molar-refractivity contribution >= 4 is 11.9 Å². The predicted octanol–water partition coefficient (Wildman–Crippen LogP) is 2.16. The fourth-order valence-corrected chi connectivity index (χ4v) is 3.34. The highest BCUT2D eigenvalue weighted by Gasteiger charge is 2.51. The van der Waals surface area contributed by atoms with Gasteiger partial charge >= 0.3 is 5.97 Å². The molecule has 1 N–H and O–H groups in total. The quantitative estimate of drug-likeness (QED) is 0.436. The second-order valence-corrected chi connectivity index (χ2v) is 6.54. The second-order valence-electron chi connectivity index (χ2n) is 6.54. The summed E-state index contributed by atoms with van der Waals surface area (Å²) in [6.07, 6.45) is 2.39. The average molecular weight is 361 g/mol. The van der Waals surface area contributed by atoms with Gasteiger partial charge < -0.3 is 19.5 Å². The Morgan fingerprint density at radius 1 is 1.31 bits per heavy atom. The first-order chi connectivity index (χ1) is 12.4. The van der Waals surface area contributed by atoms with Crippen LogP contribution < -0.4 is 4.74 Å². The fourth-order valence-electron chi connectivity index (χ4n) is 3.34. The number of likely N-dealkylation sites (tertiary alicyclic amines) is 1.